The average molecular weight is 407 g/mol. The molecule has 0 saturated heterocycles. The van der Waals surface area contributed by atoms with Gasteiger partial charge in [0.2, 0.25) is 5.91 Å². The van der Waals surface area contributed by atoms with Gasteiger partial charge in [-0.2, -0.15) is 0 Å². The number of hydrogen-bond acceptors (Lipinski definition) is 4. The van der Waals surface area contributed by atoms with Crippen molar-refractivity contribution in [1.29, 1.82) is 0 Å². The summed E-state index contributed by atoms with van der Waals surface area (Å²) in [6.45, 7) is 10.1. The third-order valence-electron chi connectivity index (χ3n) is 5.45. The minimum absolute atomic E-state index is 0.0848. The smallest absolute Gasteiger partial charge is 0.261 e. The summed E-state index contributed by atoms with van der Waals surface area (Å²) in [5.41, 5.74) is 3.91. The molecular weight excluding hydrogens is 376 g/mol. The third kappa shape index (κ3) is 5.33. The molecule has 2 aromatic carbocycles. The number of amides is 1. The van der Waals surface area contributed by atoms with Gasteiger partial charge in [-0.3, -0.25) is 19.1 Å². The van der Waals surface area contributed by atoms with Gasteiger partial charge >= 0.3 is 0 Å². The molecule has 158 valence electrons. The van der Waals surface area contributed by atoms with Crippen LogP contribution in [0.1, 0.15) is 37.0 Å². The van der Waals surface area contributed by atoms with Crippen molar-refractivity contribution in [3.8, 4) is 0 Å². The van der Waals surface area contributed by atoms with Gasteiger partial charge in [0, 0.05) is 26.1 Å². The second-order valence-corrected chi connectivity index (χ2v) is 7.52. The van der Waals surface area contributed by atoms with E-state index < -0.39 is 0 Å². The summed E-state index contributed by atoms with van der Waals surface area (Å²) < 4.78 is 1.50. The van der Waals surface area contributed by atoms with Crippen LogP contribution in [0.4, 0.5) is 0 Å². The zero-order chi connectivity index (χ0) is 21.5. The van der Waals surface area contributed by atoms with Crippen LogP contribution in [0.5, 0.6) is 0 Å². The molecular formula is C24H30N4O2. The first-order valence-corrected chi connectivity index (χ1v) is 10.5. The van der Waals surface area contributed by atoms with Crippen LogP contribution in [0.2, 0.25) is 0 Å². The van der Waals surface area contributed by atoms with Gasteiger partial charge in [-0.15, -0.1) is 0 Å². The van der Waals surface area contributed by atoms with E-state index in [1.54, 1.807) is 6.07 Å². The number of aryl methyl sites for hydroxylation is 2. The van der Waals surface area contributed by atoms with Crippen LogP contribution >= 0.6 is 0 Å². The molecule has 1 N–H and O–H groups in total. The number of carbonyl (C=O) groups excluding carboxylic acids is 1. The Morgan fingerprint density at radius 3 is 2.47 bits per heavy atom. The topological polar surface area (TPSA) is 67.2 Å². The highest BCUT2D eigenvalue weighted by Gasteiger charge is 2.08. The predicted molar refractivity (Wildman–Crippen MR) is 120 cm³/mol. The predicted octanol–water partition coefficient (Wildman–Crippen LogP) is 3.25. The standard InChI is InChI=1S/C24H30N4O2/c1-4-27(5-2)16-20-11-9-19(10-12-20)15-25-22(29)13-14-28-17-26-23-18(3)7-6-8-21(23)24(28)30/h6-12,17H,4-5,13-16H2,1-3H3,(H,25,29). The lowest BCUT2D eigenvalue weighted by molar-refractivity contribution is -0.121. The molecule has 3 aromatic rings. The SMILES string of the molecule is CCN(CC)Cc1ccc(CNC(=O)CCn2cnc3c(C)cccc3c2=O)cc1. The monoisotopic (exact) mass is 406 g/mol. The van der Waals surface area contributed by atoms with Crippen LogP contribution in [0.15, 0.2) is 53.6 Å². The Morgan fingerprint density at radius 1 is 1.07 bits per heavy atom. The first-order chi connectivity index (χ1) is 14.5. The zero-order valence-electron chi connectivity index (χ0n) is 18.0. The van der Waals surface area contributed by atoms with Gasteiger partial charge in [0.1, 0.15) is 0 Å². The molecule has 0 spiro atoms. The first-order valence-electron chi connectivity index (χ1n) is 10.5. The Hall–Kier alpha value is -2.99. The lowest BCUT2D eigenvalue weighted by atomic mass is 10.1. The number of fused-ring (bicyclic) bond motifs is 1. The van der Waals surface area contributed by atoms with E-state index in [-0.39, 0.29) is 17.9 Å². The van der Waals surface area contributed by atoms with Gasteiger partial charge in [0.25, 0.3) is 5.56 Å². The van der Waals surface area contributed by atoms with E-state index in [2.05, 4.69) is 53.3 Å². The highest BCUT2D eigenvalue weighted by atomic mass is 16.1. The number of nitrogens with one attached hydrogen (secondary N) is 1. The van der Waals surface area contributed by atoms with Crippen molar-refractivity contribution in [2.24, 2.45) is 0 Å². The van der Waals surface area contributed by atoms with Crippen molar-refractivity contribution in [3.63, 3.8) is 0 Å². The van der Waals surface area contributed by atoms with Gasteiger partial charge in [-0.25, -0.2) is 4.98 Å². The van der Waals surface area contributed by atoms with Crippen LogP contribution in [-0.2, 0) is 24.4 Å². The molecule has 0 saturated carbocycles. The second kappa shape index (κ2) is 10.2. The highest BCUT2D eigenvalue weighted by molar-refractivity contribution is 5.80. The summed E-state index contributed by atoms with van der Waals surface area (Å²) in [6, 6.07) is 13.9. The molecule has 6 heteroatoms. The van der Waals surface area contributed by atoms with E-state index in [0.717, 1.165) is 30.8 Å². The molecule has 0 bridgehead atoms. The summed E-state index contributed by atoms with van der Waals surface area (Å²) in [5.74, 6) is -0.0848. The molecule has 0 atom stereocenters. The van der Waals surface area contributed by atoms with Gasteiger partial charge < -0.3 is 5.32 Å². The quantitative estimate of drug-likeness (QED) is 0.592. The Labute approximate surface area is 177 Å². The molecule has 0 radical (unpaired) electrons. The molecule has 0 aliphatic heterocycles. The van der Waals surface area contributed by atoms with E-state index >= 15 is 0 Å². The number of aromatic nitrogens is 2. The van der Waals surface area contributed by atoms with Crippen LogP contribution in [0.25, 0.3) is 10.9 Å². The molecule has 0 aliphatic rings. The molecule has 6 nitrogen and oxygen atoms in total. The van der Waals surface area contributed by atoms with E-state index in [1.807, 2.05) is 19.1 Å². The van der Waals surface area contributed by atoms with E-state index in [1.165, 1.54) is 16.5 Å². The van der Waals surface area contributed by atoms with Crippen LogP contribution in [-0.4, -0.2) is 33.4 Å². The second-order valence-electron chi connectivity index (χ2n) is 7.52. The largest absolute Gasteiger partial charge is 0.352 e. The maximum Gasteiger partial charge on any atom is 0.261 e. The number of hydrogen-bond donors (Lipinski definition) is 1. The molecule has 30 heavy (non-hydrogen) atoms. The summed E-state index contributed by atoms with van der Waals surface area (Å²) in [7, 11) is 0. The van der Waals surface area contributed by atoms with Crippen molar-refractivity contribution in [1.82, 2.24) is 19.8 Å². The van der Waals surface area contributed by atoms with Crippen molar-refractivity contribution in [2.75, 3.05) is 13.1 Å². The van der Waals surface area contributed by atoms with Gasteiger partial charge in [-0.05, 0) is 42.8 Å². The van der Waals surface area contributed by atoms with Gasteiger partial charge in [0.15, 0.2) is 0 Å². The molecule has 1 aromatic heterocycles. The number of para-hydroxylation sites is 1. The molecule has 1 amide bonds. The third-order valence-corrected chi connectivity index (χ3v) is 5.45. The van der Waals surface area contributed by atoms with E-state index in [4.69, 9.17) is 0 Å². The van der Waals surface area contributed by atoms with Crippen molar-refractivity contribution in [3.05, 3.63) is 75.8 Å². The molecule has 0 unspecified atom stereocenters. The Balaban J connectivity index is 1.52. The summed E-state index contributed by atoms with van der Waals surface area (Å²) in [6.07, 6.45) is 1.76. The van der Waals surface area contributed by atoms with E-state index in [9.17, 15) is 9.59 Å². The molecule has 0 aliphatic carbocycles. The summed E-state index contributed by atoms with van der Waals surface area (Å²) >= 11 is 0. The first kappa shape index (κ1) is 21.7. The van der Waals surface area contributed by atoms with Gasteiger partial charge in [0.05, 0.1) is 17.2 Å². The van der Waals surface area contributed by atoms with E-state index in [0.29, 0.717) is 24.0 Å². The fraction of sp³-hybridized carbons (Fsp3) is 0.375. The molecule has 1 heterocycles. The maximum absolute atomic E-state index is 12.6. The van der Waals surface area contributed by atoms with Crippen molar-refractivity contribution < 1.29 is 4.79 Å². The van der Waals surface area contributed by atoms with Crippen molar-refractivity contribution >= 4 is 16.8 Å². The Morgan fingerprint density at radius 2 is 1.77 bits per heavy atom. The molecule has 0 fully saturated rings. The lowest BCUT2D eigenvalue weighted by Gasteiger charge is -2.18. The fourth-order valence-electron chi connectivity index (χ4n) is 3.48. The molecule has 3 rings (SSSR count). The van der Waals surface area contributed by atoms with Crippen LogP contribution < -0.4 is 10.9 Å². The number of benzene rings is 2. The minimum atomic E-state index is -0.111. The number of nitrogens with zero attached hydrogens (tertiary/aromatic N) is 3. The van der Waals surface area contributed by atoms with Crippen LogP contribution in [0.3, 0.4) is 0 Å². The van der Waals surface area contributed by atoms with Crippen molar-refractivity contribution in [2.45, 2.75) is 46.8 Å². The Bertz CT molecular complexity index is 1050. The number of carbonyl (C=O) groups is 1. The summed E-state index contributed by atoms with van der Waals surface area (Å²) in [4.78, 5) is 31.6. The Kier molecular flexibility index (Phi) is 7.36. The summed E-state index contributed by atoms with van der Waals surface area (Å²) in [5, 5.41) is 3.52. The fourth-order valence-corrected chi connectivity index (χ4v) is 3.48. The minimum Gasteiger partial charge on any atom is -0.352 e. The van der Waals surface area contributed by atoms with Gasteiger partial charge in [-0.1, -0.05) is 50.2 Å². The van der Waals surface area contributed by atoms with Crippen LogP contribution in [0, 0.1) is 6.92 Å². The normalized spacial score (nSPS) is 11.2. The zero-order valence-corrected chi connectivity index (χ0v) is 18.0. The average Bonchev–Trinajstić information content (AvgIpc) is 2.77. The maximum atomic E-state index is 12.6. The highest BCUT2D eigenvalue weighted by Crippen LogP contribution is 2.11. The lowest BCUT2D eigenvalue weighted by Crippen LogP contribution is -2.27. The number of rotatable bonds is 9.